The van der Waals surface area contributed by atoms with Gasteiger partial charge < -0.3 is 0 Å². The van der Waals surface area contributed by atoms with Gasteiger partial charge in [0.2, 0.25) is 0 Å². The first-order valence-electron chi connectivity index (χ1n) is 6.43. The molecule has 2 rings (SSSR count). The van der Waals surface area contributed by atoms with Crippen LogP contribution in [0.3, 0.4) is 0 Å². The number of rotatable bonds is 3. The van der Waals surface area contributed by atoms with Crippen molar-refractivity contribution in [1.29, 1.82) is 0 Å². The van der Waals surface area contributed by atoms with Crippen LogP contribution in [0, 0.1) is 32.4 Å². The predicted octanol–water partition coefficient (Wildman–Crippen LogP) is 4.32. The maximum atomic E-state index is 13.8. The Labute approximate surface area is 117 Å². The van der Waals surface area contributed by atoms with E-state index in [-0.39, 0.29) is 17.5 Å². The zero-order chi connectivity index (χ0) is 14.9. The maximum Gasteiger partial charge on any atom is 0.170 e. The van der Waals surface area contributed by atoms with Gasteiger partial charge in [-0.3, -0.25) is 4.79 Å². The lowest BCUT2D eigenvalue weighted by atomic mass is 9.98. The van der Waals surface area contributed by atoms with Crippen LogP contribution in [-0.4, -0.2) is 5.78 Å². The smallest absolute Gasteiger partial charge is 0.170 e. The Bertz CT molecular complexity index is 655. The van der Waals surface area contributed by atoms with Crippen LogP contribution in [0.5, 0.6) is 0 Å². The fourth-order valence-corrected chi connectivity index (χ4v) is 2.31. The van der Waals surface area contributed by atoms with Gasteiger partial charge in [0.1, 0.15) is 0 Å². The largest absolute Gasteiger partial charge is 0.294 e. The van der Waals surface area contributed by atoms with Gasteiger partial charge in [0.25, 0.3) is 0 Å². The monoisotopic (exact) mass is 274 g/mol. The zero-order valence-electron chi connectivity index (χ0n) is 11.8. The molecule has 2 aromatic rings. The van der Waals surface area contributed by atoms with E-state index >= 15 is 0 Å². The number of aryl methyl sites for hydroxylation is 3. The molecule has 0 unspecified atom stereocenters. The Balaban J connectivity index is 2.31. The fraction of sp³-hybridized carbons (Fsp3) is 0.235. The zero-order valence-corrected chi connectivity index (χ0v) is 11.8. The predicted molar refractivity (Wildman–Crippen MR) is 75.0 cm³/mol. The molecule has 0 bridgehead atoms. The van der Waals surface area contributed by atoms with Crippen LogP contribution in [0.1, 0.15) is 32.6 Å². The highest BCUT2D eigenvalue weighted by Crippen LogP contribution is 2.18. The average molecular weight is 274 g/mol. The fourth-order valence-electron chi connectivity index (χ4n) is 2.31. The minimum Gasteiger partial charge on any atom is -0.294 e. The number of carbonyl (C=O) groups is 1. The number of benzene rings is 2. The molecule has 20 heavy (non-hydrogen) atoms. The van der Waals surface area contributed by atoms with E-state index in [0.717, 1.165) is 16.7 Å². The van der Waals surface area contributed by atoms with Crippen LogP contribution in [0.2, 0.25) is 0 Å². The molecule has 0 aliphatic rings. The van der Waals surface area contributed by atoms with E-state index in [9.17, 15) is 13.6 Å². The molecule has 2 aromatic carbocycles. The molecule has 0 aromatic heterocycles. The van der Waals surface area contributed by atoms with Crippen molar-refractivity contribution in [3.8, 4) is 0 Å². The van der Waals surface area contributed by atoms with E-state index in [4.69, 9.17) is 0 Å². The minimum atomic E-state index is -1.06. The Kier molecular flexibility index (Phi) is 3.98. The van der Waals surface area contributed by atoms with Gasteiger partial charge in [-0.25, -0.2) is 8.78 Å². The van der Waals surface area contributed by atoms with E-state index in [2.05, 4.69) is 0 Å². The van der Waals surface area contributed by atoms with Gasteiger partial charge in [-0.05, 0) is 38.0 Å². The minimum absolute atomic E-state index is 0.0714. The molecular formula is C17H16F2O. The third-order valence-corrected chi connectivity index (χ3v) is 3.22. The molecule has 0 atom stereocenters. The van der Waals surface area contributed by atoms with E-state index in [0.29, 0.717) is 0 Å². The van der Waals surface area contributed by atoms with Crippen LogP contribution in [0.25, 0.3) is 0 Å². The highest BCUT2D eigenvalue weighted by molar-refractivity contribution is 5.97. The van der Waals surface area contributed by atoms with Crippen LogP contribution in [-0.2, 0) is 6.42 Å². The van der Waals surface area contributed by atoms with Crippen LogP contribution in [0.15, 0.2) is 30.3 Å². The van der Waals surface area contributed by atoms with Gasteiger partial charge in [-0.2, -0.15) is 0 Å². The topological polar surface area (TPSA) is 17.1 Å². The highest BCUT2D eigenvalue weighted by atomic mass is 19.2. The first-order valence-corrected chi connectivity index (χ1v) is 6.43. The molecular weight excluding hydrogens is 258 g/mol. The lowest BCUT2D eigenvalue weighted by Crippen LogP contribution is -2.08. The maximum absolute atomic E-state index is 13.8. The molecule has 104 valence electrons. The number of halogens is 2. The third-order valence-electron chi connectivity index (χ3n) is 3.22. The van der Waals surface area contributed by atoms with Crippen LogP contribution < -0.4 is 0 Å². The van der Waals surface area contributed by atoms with Crippen molar-refractivity contribution in [3.63, 3.8) is 0 Å². The Hall–Kier alpha value is -2.03. The Morgan fingerprint density at radius 2 is 1.55 bits per heavy atom. The lowest BCUT2D eigenvalue weighted by molar-refractivity contribution is 0.0988. The van der Waals surface area contributed by atoms with Crippen LogP contribution in [0.4, 0.5) is 8.78 Å². The van der Waals surface area contributed by atoms with Crippen molar-refractivity contribution >= 4 is 5.78 Å². The van der Waals surface area contributed by atoms with Crippen molar-refractivity contribution in [2.24, 2.45) is 0 Å². The quantitative estimate of drug-likeness (QED) is 0.762. The van der Waals surface area contributed by atoms with Gasteiger partial charge in [0, 0.05) is 6.42 Å². The first-order chi connectivity index (χ1) is 9.38. The van der Waals surface area contributed by atoms with Crippen molar-refractivity contribution < 1.29 is 13.6 Å². The number of carbonyl (C=O) groups excluding carboxylic acids is 1. The highest BCUT2D eigenvalue weighted by Gasteiger charge is 2.17. The number of Topliss-reactive ketones (excluding diaryl/α,β-unsaturated/α-hetero) is 1. The number of ketones is 1. The summed E-state index contributed by atoms with van der Waals surface area (Å²) >= 11 is 0. The SMILES string of the molecule is Cc1cc(C)cc(CC(=O)c2ccc(C)c(F)c2F)c1. The molecule has 0 N–H and O–H groups in total. The van der Waals surface area contributed by atoms with E-state index < -0.39 is 17.4 Å². The number of hydrogen-bond acceptors (Lipinski definition) is 1. The average Bonchev–Trinajstić information content (AvgIpc) is 2.34. The summed E-state index contributed by atoms with van der Waals surface area (Å²) in [5, 5.41) is 0. The van der Waals surface area contributed by atoms with Gasteiger partial charge in [-0.1, -0.05) is 35.4 Å². The standard InChI is InChI=1S/C17H16F2O/c1-10-6-11(2)8-13(7-10)9-15(20)14-5-4-12(3)16(18)17(14)19/h4-8H,9H2,1-3H3. The summed E-state index contributed by atoms with van der Waals surface area (Å²) in [6.45, 7) is 5.34. The van der Waals surface area contributed by atoms with Crippen LogP contribution >= 0.6 is 0 Å². The van der Waals surface area contributed by atoms with E-state index in [1.165, 1.54) is 19.1 Å². The molecule has 0 saturated carbocycles. The molecule has 0 aliphatic carbocycles. The molecule has 0 fully saturated rings. The molecule has 0 spiro atoms. The summed E-state index contributed by atoms with van der Waals surface area (Å²) < 4.78 is 27.3. The van der Waals surface area contributed by atoms with Gasteiger partial charge in [0.05, 0.1) is 5.56 Å². The summed E-state index contributed by atoms with van der Waals surface area (Å²) in [5.41, 5.74) is 2.91. The lowest BCUT2D eigenvalue weighted by Gasteiger charge is -2.07. The molecule has 0 saturated heterocycles. The normalized spacial score (nSPS) is 10.7. The molecule has 3 heteroatoms. The van der Waals surface area contributed by atoms with Crippen molar-refractivity contribution in [1.82, 2.24) is 0 Å². The van der Waals surface area contributed by atoms with Gasteiger partial charge in [-0.15, -0.1) is 0 Å². The molecule has 0 aliphatic heterocycles. The summed E-state index contributed by atoms with van der Waals surface area (Å²) in [6.07, 6.45) is 0.0714. The van der Waals surface area contributed by atoms with Crippen molar-refractivity contribution in [2.75, 3.05) is 0 Å². The first kappa shape index (κ1) is 14.4. The van der Waals surface area contributed by atoms with Crippen molar-refractivity contribution in [3.05, 3.63) is 69.8 Å². The summed E-state index contributed by atoms with van der Waals surface area (Å²) in [7, 11) is 0. The van der Waals surface area contributed by atoms with Crippen molar-refractivity contribution in [2.45, 2.75) is 27.2 Å². The Morgan fingerprint density at radius 3 is 2.15 bits per heavy atom. The second-order valence-corrected chi connectivity index (χ2v) is 5.15. The number of hydrogen-bond donors (Lipinski definition) is 0. The van der Waals surface area contributed by atoms with E-state index in [1.54, 1.807) is 0 Å². The second-order valence-electron chi connectivity index (χ2n) is 5.15. The summed E-state index contributed by atoms with van der Waals surface area (Å²) in [5.74, 6) is -2.41. The summed E-state index contributed by atoms with van der Waals surface area (Å²) in [4.78, 5) is 12.1. The van der Waals surface area contributed by atoms with Gasteiger partial charge in [0.15, 0.2) is 17.4 Å². The molecule has 0 heterocycles. The molecule has 1 nitrogen and oxygen atoms in total. The Morgan fingerprint density at radius 1 is 0.950 bits per heavy atom. The summed E-state index contributed by atoms with van der Waals surface area (Å²) in [6, 6.07) is 8.53. The van der Waals surface area contributed by atoms with E-state index in [1.807, 2.05) is 32.0 Å². The molecule has 0 amide bonds. The third kappa shape index (κ3) is 2.93. The molecule has 0 radical (unpaired) electrons. The second kappa shape index (κ2) is 5.53. The van der Waals surface area contributed by atoms with Gasteiger partial charge >= 0.3 is 0 Å².